The predicted molar refractivity (Wildman–Crippen MR) is 152 cm³/mol. The van der Waals surface area contributed by atoms with Gasteiger partial charge in [0.15, 0.2) is 5.60 Å². The van der Waals surface area contributed by atoms with Gasteiger partial charge in [-0.2, -0.15) is 0 Å². The number of nitrogens with zero attached hydrogens (tertiary/aromatic N) is 2. The molecule has 0 fully saturated rings. The van der Waals surface area contributed by atoms with Crippen LogP contribution in [0.25, 0.3) is 10.9 Å². The van der Waals surface area contributed by atoms with E-state index in [1.54, 1.807) is 6.07 Å². The van der Waals surface area contributed by atoms with E-state index in [2.05, 4.69) is 36.3 Å². The number of aryl methyl sites for hydroxylation is 1. The number of carboxylic acid groups (broad SMARTS) is 1. The molecule has 0 saturated carbocycles. The molecule has 1 aromatic heterocycles. The summed E-state index contributed by atoms with van der Waals surface area (Å²) in [5.74, 6) is -1.03. The first-order valence-electron chi connectivity index (χ1n) is 13.5. The van der Waals surface area contributed by atoms with E-state index >= 15 is 0 Å². The molecule has 0 unspecified atom stereocenters. The van der Waals surface area contributed by atoms with E-state index in [0.717, 1.165) is 47.5 Å². The van der Waals surface area contributed by atoms with E-state index in [4.69, 9.17) is 9.47 Å². The summed E-state index contributed by atoms with van der Waals surface area (Å²) in [6.07, 6.45) is 0. The van der Waals surface area contributed by atoms with E-state index < -0.39 is 17.5 Å². The van der Waals surface area contributed by atoms with Gasteiger partial charge in [0.25, 0.3) is 0 Å². The number of anilines is 1. The molecule has 0 spiro atoms. The van der Waals surface area contributed by atoms with Crippen molar-refractivity contribution < 1.29 is 24.2 Å². The third kappa shape index (κ3) is 3.95. The monoisotopic (exact) mass is 526 g/mol. The number of aromatic nitrogens is 1. The molecule has 1 N–H and O–H groups in total. The maximum atomic E-state index is 13.6. The van der Waals surface area contributed by atoms with Crippen LogP contribution in [0.1, 0.15) is 70.8 Å². The number of benzene rings is 3. The molecule has 1 aliphatic heterocycles. The van der Waals surface area contributed by atoms with Crippen LogP contribution in [0, 0.1) is 6.92 Å². The van der Waals surface area contributed by atoms with Gasteiger partial charge in [-0.05, 0) is 65.0 Å². The van der Waals surface area contributed by atoms with E-state index in [1.165, 1.54) is 12.1 Å². The minimum atomic E-state index is -1.33. The maximum absolute atomic E-state index is 13.6. The van der Waals surface area contributed by atoms with Crippen LogP contribution < -0.4 is 9.64 Å². The van der Waals surface area contributed by atoms with Gasteiger partial charge in [-0.3, -0.25) is 0 Å². The van der Waals surface area contributed by atoms with E-state index in [9.17, 15) is 14.7 Å². The smallest absolute Gasteiger partial charge is 0.340 e. The topological polar surface area (TPSA) is 81.0 Å². The molecule has 4 aromatic rings. The van der Waals surface area contributed by atoms with Gasteiger partial charge in [-0.25, -0.2) is 9.59 Å². The Bertz CT molecular complexity index is 1580. The van der Waals surface area contributed by atoms with Crippen molar-refractivity contribution in [2.75, 3.05) is 24.6 Å². The zero-order valence-electron chi connectivity index (χ0n) is 23.1. The molecule has 0 amide bonds. The molecule has 39 heavy (non-hydrogen) atoms. The zero-order valence-corrected chi connectivity index (χ0v) is 23.1. The van der Waals surface area contributed by atoms with Crippen LogP contribution in [0.5, 0.6) is 5.75 Å². The highest BCUT2D eigenvalue weighted by molar-refractivity contribution is 6.01. The molecular formula is C32H34N2O5. The van der Waals surface area contributed by atoms with Crippen molar-refractivity contribution >= 4 is 28.5 Å². The van der Waals surface area contributed by atoms with Crippen LogP contribution in [-0.2, 0) is 16.9 Å². The van der Waals surface area contributed by atoms with Crippen LogP contribution in [0.3, 0.4) is 0 Å². The number of ether oxygens (including phenoxy) is 2. The number of para-hydroxylation sites is 1. The van der Waals surface area contributed by atoms with Gasteiger partial charge in [0.1, 0.15) is 5.75 Å². The third-order valence-electron chi connectivity index (χ3n) is 7.78. The van der Waals surface area contributed by atoms with Crippen molar-refractivity contribution in [1.29, 1.82) is 0 Å². The van der Waals surface area contributed by atoms with Crippen molar-refractivity contribution in [3.63, 3.8) is 0 Å². The number of hydrogen-bond acceptors (Lipinski definition) is 5. The van der Waals surface area contributed by atoms with Gasteiger partial charge in [-0.15, -0.1) is 0 Å². The van der Waals surface area contributed by atoms with Gasteiger partial charge >= 0.3 is 11.9 Å². The van der Waals surface area contributed by atoms with Crippen LogP contribution in [-0.4, -0.2) is 41.3 Å². The molecule has 1 atom stereocenters. The van der Waals surface area contributed by atoms with Gasteiger partial charge in [-0.1, -0.05) is 24.3 Å². The lowest BCUT2D eigenvalue weighted by molar-refractivity contribution is 0.0246. The molecule has 0 bridgehead atoms. The molecule has 5 rings (SSSR count). The van der Waals surface area contributed by atoms with Crippen LogP contribution in [0.2, 0.25) is 0 Å². The summed E-state index contributed by atoms with van der Waals surface area (Å²) in [4.78, 5) is 27.6. The number of carbonyl (C=O) groups is 2. The lowest BCUT2D eigenvalue weighted by atomic mass is 9.77. The molecule has 7 heteroatoms. The number of cyclic esters (lactones) is 1. The maximum Gasteiger partial charge on any atom is 0.340 e. The Morgan fingerprint density at radius 3 is 2.38 bits per heavy atom. The van der Waals surface area contributed by atoms with E-state index in [0.29, 0.717) is 23.5 Å². The quantitative estimate of drug-likeness (QED) is 0.255. The summed E-state index contributed by atoms with van der Waals surface area (Å²) in [6, 6.07) is 18.8. The fourth-order valence-corrected chi connectivity index (χ4v) is 6.07. The molecule has 0 aliphatic carbocycles. The second kappa shape index (κ2) is 10.1. The first-order valence-corrected chi connectivity index (χ1v) is 13.5. The Morgan fingerprint density at radius 2 is 1.72 bits per heavy atom. The van der Waals surface area contributed by atoms with Crippen LogP contribution >= 0.6 is 0 Å². The number of carbonyl (C=O) groups excluding carboxylic acids is 1. The Hall–Kier alpha value is -4.26. The lowest BCUT2D eigenvalue weighted by Gasteiger charge is -2.33. The van der Waals surface area contributed by atoms with Gasteiger partial charge < -0.3 is 24.0 Å². The molecule has 0 radical (unpaired) electrons. The number of carboxylic acids is 1. The van der Waals surface area contributed by atoms with Crippen molar-refractivity contribution in [3.05, 3.63) is 94.2 Å². The average molecular weight is 527 g/mol. The third-order valence-corrected chi connectivity index (χ3v) is 7.78. The summed E-state index contributed by atoms with van der Waals surface area (Å²) in [7, 11) is 0. The SMILES string of the molecule is CCOc1cc(N(CC)CC)ccc1[C@]1(c2c(C)n(CC)c3ccccc23)OC(=O)c2cc(C(=O)O)ccc21. The Kier molecular flexibility index (Phi) is 6.85. The molecule has 2 heterocycles. The number of rotatable bonds is 9. The van der Waals surface area contributed by atoms with E-state index in [-0.39, 0.29) is 11.1 Å². The molecular weight excluding hydrogens is 492 g/mol. The van der Waals surface area contributed by atoms with Gasteiger partial charge in [0.05, 0.1) is 17.7 Å². The molecule has 202 valence electrons. The number of aromatic carboxylic acids is 1. The Balaban J connectivity index is 1.92. The minimum Gasteiger partial charge on any atom is -0.493 e. The highest BCUT2D eigenvalue weighted by Gasteiger charge is 2.52. The number of esters is 1. The summed E-state index contributed by atoms with van der Waals surface area (Å²) in [6.45, 7) is 13.1. The van der Waals surface area contributed by atoms with Crippen molar-refractivity contribution in [1.82, 2.24) is 4.57 Å². The number of hydrogen-bond donors (Lipinski definition) is 1. The second-order valence-electron chi connectivity index (χ2n) is 9.64. The summed E-state index contributed by atoms with van der Waals surface area (Å²) in [5.41, 5.74) is 4.14. The van der Waals surface area contributed by atoms with Crippen LogP contribution in [0.15, 0.2) is 60.7 Å². The van der Waals surface area contributed by atoms with Gasteiger partial charge in [0.2, 0.25) is 0 Å². The standard InChI is InChI=1S/C32H34N2O5/c1-6-33(7-2)22-15-17-26(28(19-22)38-9-4)32(25-16-14-21(30(35)36)18-24(25)31(37)39-32)29-20(5)34(8-3)27-13-11-10-12-23(27)29/h10-19H,6-9H2,1-5H3,(H,35,36)/t32-/m1/s1. The number of fused-ring (bicyclic) bond motifs is 2. The first-order chi connectivity index (χ1) is 18.8. The van der Waals surface area contributed by atoms with Crippen LogP contribution in [0.4, 0.5) is 5.69 Å². The molecule has 3 aromatic carbocycles. The Labute approximate surface area is 228 Å². The van der Waals surface area contributed by atoms with Crippen molar-refractivity contribution in [2.24, 2.45) is 0 Å². The average Bonchev–Trinajstić information content (AvgIpc) is 3.39. The largest absolute Gasteiger partial charge is 0.493 e. The predicted octanol–water partition coefficient (Wildman–Crippen LogP) is 6.38. The summed E-state index contributed by atoms with van der Waals surface area (Å²) >= 11 is 0. The molecule has 7 nitrogen and oxygen atoms in total. The summed E-state index contributed by atoms with van der Waals surface area (Å²) in [5, 5.41) is 10.6. The lowest BCUT2D eigenvalue weighted by Crippen LogP contribution is -2.31. The highest BCUT2D eigenvalue weighted by Crippen LogP contribution is 2.53. The zero-order chi connectivity index (χ0) is 27.9. The fraction of sp³-hybridized carbons (Fsp3) is 0.312. The summed E-state index contributed by atoms with van der Waals surface area (Å²) < 4.78 is 14.9. The molecule has 0 saturated heterocycles. The minimum absolute atomic E-state index is 0.0381. The normalized spacial score (nSPS) is 16.3. The Morgan fingerprint density at radius 1 is 1.00 bits per heavy atom. The first kappa shape index (κ1) is 26.4. The van der Waals surface area contributed by atoms with E-state index in [1.807, 2.05) is 50.2 Å². The van der Waals surface area contributed by atoms with Crippen molar-refractivity contribution in [2.45, 2.75) is 46.8 Å². The highest BCUT2D eigenvalue weighted by atomic mass is 16.6. The second-order valence-corrected chi connectivity index (χ2v) is 9.64. The van der Waals surface area contributed by atoms with Gasteiger partial charge in [0, 0.05) is 64.7 Å². The molecule has 1 aliphatic rings. The fourth-order valence-electron chi connectivity index (χ4n) is 6.07. The van der Waals surface area contributed by atoms with Crippen molar-refractivity contribution in [3.8, 4) is 5.75 Å².